The summed E-state index contributed by atoms with van der Waals surface area (Å²) in [6, 6.07) is 15.6. The molecule has 1 aliphatic carbocycles. The predicted molar refractivity (Wildman–Crippen MR) is 115 cm³/mol. The van der Waals surface area contributed by atoms with Crippen molar-refractivity contribution in [1.82, 2.24) is 5.32 Å². The van der Waals surface area contributed by atoms with E-state index in [1.807, 2.05) is 48.5 Å². The number of carboxylic acid groups (broad SMARTS) is 1. The molecule has 5 nitrogen and oxygen atoms in total. The number of fused-ring (bicyclic) bond motifs is 3. The summed E-state index contributed by atoms with van der Waals surface area (Å²) in [6.45, 7) is -0.209. The van der Waals surface area contributed by atoms with Crippen LogP contribution in [0.1, 0.15) is 33.0 Å². The van der Waals surface area contributed by atoms with Crippen molar-refractivity contribution < 1.29 is 37.0 Å². The van der Waals surface area contributed by atoms with Gasteiger partial charge in [0.15, 0.2) is 23.3 Å². The number of alkyl carbamates (subject to hydrolysis) is 1. The SMILES string of the molecule is O=C(NCC=Cc1c(F)c(F)c(C(=O)O)c(F)c1F)OCC1c2ccccc2-c2ccccc21. The van der Waals surface area contributed by atoms with Crippen LogP contribution in [0.5, 0.6) is 0 Å². The van der Waals surface area contributed by atoms with Gasteiger partial charge in [-0.25, -0.2) is 27.2 Å². The summed E-state index contributed by atoms with van der Waals surface area (Å²) in [5.41, 5.74) is 1.35. The summed E-state index contributed by atoms with van der Waals surface area (Å²) in [7, 11) is 0. The summed E-state index contributed by atoms with van der Waals surface area (Å²) in [5, 5.41) is 11.1. The number of benzene rings is 3. The zero-order valence-corrected chi connectivity index (χ0v) is 17.4. The molecule has 2 N–H and O–H groups in total. The summed E-state index contributed by atoms with van der Waals surface area (Å²) in [6.07, 6.45) is 0.945. The number of halogens is 4. The Bertz CT molecular complexity index is 1250. The van der Waals surface area contributed by atoms with Gasteiger partial charge in [0.2, 0.25) is 0 Å². The van der Waals surface area contributed by atoms with Crippen LogP contribution in [0.2, 0.25) is 0 Å². The second kappa shape index (κ2) is 9.38. The van der Waals surface area contributed by atoms with Crippen LogP contribution in [0.15, 0.2) is 54.6 Å². The Labute approximate surface area is 191 Å². The van der Waals surface area contributed by atoms with Gasteiger partial charge in [-0.05, 0) is 22.3 Å². The Kier molecular flexibility index (Phi) is 6.36. The topological polar surface area (TPSA) is 75.6 Å². The Balaban J connectivity index is 1.39. The Morgan fingerprint density at radius 3 is 1.94 bits per heavy atom. The molecule has 0 unspecified atom stereocenters. The summed E-state index contributed by atoms with van der Waals surface area (Å²) in [4.78, 5) is 22.9. The van der Waals surface area contributed by atoms with E-state index in [2.05, 4.69) is 5.32 Å². The average Bonchev–Trinajstić information content (AvgIpc) is 3.14. The molecule has 9 heteroatoms. The summed E-state index contributed by atoms with van der Waals surface area (Å²) in [5.74, 6) is -10.0. The Morgan fingerprint density at radius 2 is 1.41 bits per heavy atom. The standard InChI is InChI=1S/C25H17F4NO4/c26-20-17(21(27)23(29)19(22(20)28)24(31)32)10-5-11-30-25(33)34-12-18-15-8-3-1-6-13(15)14-7-2-4-9-16(14)18/h1-10,18H,11-12H2,(H,30,33)(H,31,32). The molecule has 3 aromatic rings. The van der Waals surface area contributed by atoms with Crippen LogP contribution in [0.25, 0.3) is 17.2 Å². The van der Waals surface area contributed by atoms with Crippen molar-refractivity contribution in [3.8, 4) is 11.1 Å². The molecule has 0 aliphatic heterocycles. The van der Waals surface area contributed by atoms with E-state index >= 15 is 0 Å². The first-order chi connectivity index (χ1) is 16.3. The summed E-state index contributed by atoms with van der Waals surface area (Å²) >= 11 is 0. The number of hydrogen-bond donors (Lipinski definition) is 2. The van der Waals surface area contributed by atoms with Crippen LogP contribution < -0.4 is 5.32 Å². The van der Waals surface area contributed by atoms with Gasteiger partial charge in [0.25, 0.3) is 0 Å². The molecule has 34 heavy (non-hydrogen) atoms. The van der Waals surface area contributed by atoms with Gasteiger partial charge < -0.3 is 15.2 Å². The summed E-state index contributed by atoms with van der Waals surface area (Å²) < 4.78 is 60.8. The maximum absolute atomic E-state index is 14.0. The van der Waals surface area contributed by atoms with Gasteiger partial charge in [0.05, 0.1) is 5.56 Å². The van der Waals surface area contributed by atoms with E-state index in [4.69, 9.17) is 9.84 Å². The first kappa shape index (κ1) is 23.0. The number of hydrogen-bond acceptors (Lipinski definition) is 3. The molecular formula is C25H17F4NO4. The number of ether oxygens (including phenoxy) is 1. The van der Waals surface area contributed by atoms with Crippen LogP contribution in [0.4, 0.5) is 22.4 Å². The van der Waals surface area contributed by atoms with Gasteiger partial charge >= 0.3 is 12.1 Å². The van der Waals surface area contributed by atoms with E-state index < -0.39 is 46.5 Å². The second-order valence-corrected chi connectivity index (χ2v) is 7.46. The highest BCUT2D eigenvalue weighted by Crippen LogP contribution is 2.44. The lowest BCUT2D eigenvalue weighted by Crippen LogP contribution is -2.26. The lowest BCUT2D eigenvalue weighted by Gasteiger charge is -2.14. The fraction of sp³-hybridized carbons (Fsp3) is 0.120. The van der Waals surface area contributed by atoms with Gasteiger partial charge in [-0.2, -0.15) is 0 Å². The minimum atomic E-state index is -2.14. The first-order valence-electron chi connectivity index (χ1n) is 10.2. The normalized spacial score (nSPS) is 12.5. The largest absolute Gasteiger partial charge is 0.477 e. The highest BCUT2D eigenvalue weighted by molar-refractivity contribution is 5.88. The van der Waals surface area contributed by atoms with Gasteiger partial charge in [-0.15, -0.1) is 0 Å². The monoisotopic (exact) mass is 471 g/mol. The van der Waals surface area contributed by atoms with Crippen molar-refractivity contribution in [3.63, 3.8) is 0 Å². The molecule has 0 radical (unpaired) electrons. The van der Waals surface area contributed by atoms with Crippen molar-refractivity contribution >= 4 is 18.1 Å². The van der Waals surface area contributed by atoms with Gasteiger partial charge in [0, 0.05) is 12.5 Å². The number of carboxylic acids is 1. The van der Waals surface area contributed by atoms with E-state index in [0.717, 1.165) is 28.3 Å². The number of aromatic carboxylic acids is 1. The molecule has 0 fully saturated rings. The third-order valence-electron chi connectivity index (χ3n) is 5.50. The van der Waals surface area contributed by atoms with Crippen molar-refractivity contribution in [1.29, 1.82) is 0 Å². The molecule has 0 saturated heterocycles. The van der Waals surface area contributed by atoms with Crippen LogP contribution in [0.3, 0.4) is 0 Å². The number of amides is 1. The highest BCUT2D eigenvalue weighted by Gasteiger charge is 2.29. The molecule has 0 aromatic heterocycles. The van der Waals surface area contributed by atoms with Crippen LogP contribution in [-0.2, 0) is 4.74 Å². The fourth-order valence-electron chi connectivity index (χ4n) is 3.95. The van der Waals surface area contributed by atoms with Crippen molar-refractivity contribution in [2.24, 2.45) is 0 Å². The lowest BCUT2D eigenvalue weighted by molar-refractivity contribution is 0.0683. The molecule has 4 rings (SSSR count). The third-order valence-corrected chi connectivity index (χ3v) is 5.50. The third kappa shape index (κ3) is 4.12. The van der Waals surface area contributed by atoms with Crippen molar-refractivity contribution in [2.75, 3.05) is 13.2 Å². The minimum Gasteiger partial charge on any atom is -0.477 e. The predicted octanol–water partition coefficient (Wildman–Crippen LogP) is 5.49. The smallest absolute Gasteiger partial charge is 0.407 e. The van der Waals surface area contributed by atoms with Crippen LogP contribution in [-0.4, -0.2) is 30.3 Å². The number of rotatable bonds is 6. The molecule has 0 spiro atoms. The van der Waals surface area contributed by atoms with E-state index in [1.54, 1.807) is 0 Å². The first-order valence-corrected chi connectivity index (χ1v) is 10.2. The van der Waals surface area contributed by atoms with Gasteiger partial charge in [-0.1, -0.05) is 60.7 Å². The molecule has 0 saturated carbocycles. The molecular weight excluding hydrogens is 454 g/mol. The van der Waals surface area contributed by atoms with E-state index in [9.17, 15) is 27.2 Å². The molecule has 1 amide bonds. The van der Waals surface area contributed by atoms with E-state index in [1.165, 1.54) is 0 Å². The van der Waals surface area contributed by atoms with Gasteiger partial charge in [-0.3, -0.25) is 0 Å². The Morgan fingerprint density at radius 1 is 0.882 bits per heavy atom. The highest BCUT2D eigenvalue weighted by atomic mass is 19.2. The van der Waals surface area contributed by atoms with Crippen molar-refractivity contribution in [2.45, 2.75) is 5.92 Å². The fourth-order valence-corrected chi connectivity index (χ4v) is 3.95. The molecule has 1 aliphatic rings. The molecule has 3 aromatic carbocycles. The number of nitrogens with one attached hydrogen (secondary N) is 1. The molecule has 0 atom stereocenters. The number of carbonyl (C=O) groups is 2. The maximum atomic E-state index is 14.0. The minimum absolute atomic E-state index is 0.0555. The van der Waals surface area contributed by atoms with Crippen LogP contribution in [0, 0.1) is 23.3 Å². The van der Waals surface area contributed by atoms with Crippen LogP contribution >= 0.6 is 0 Å². The second-order valence-electron chi connectivity index (χ2n) is 7.46. The maximum Gasteiger partial charge on any atom is 0.407 e. The lowest BCUT2D eigenvalue weighted by atomic mass is 9.98. The van der Waals surface area contributed by atoms with Crippen molar-refractivity contribution in [3.05, 3.63) is 100 Å². The molecule has 0 heterocycles. The van der Waals surface area contributed by atoms with Gasteiger partial charge in [0.1, 0.15) is 12.2 Å². The number of carbonyl (C=O) groups excluding carboxylic acids is 1. The zero-order valence-electron chi connectivity index (χ0n) is 17.4. The Hall–Kier alpha value is -4.14. The quantitative estimate of drug-likeness (QED) is 0.368. The molecule has 0 bridgehead atoms. The average molecular weight is 471 g/mol. The van der Waals surface area contributed by atoms with E-state index in [0.29, 0.717) is 6.08 Å². The molecule has 174 valence electrons. The zero-order chi connectivity index (χ0) is 24.4. The van der Waals surface area contributed by atoms with E-state index in [-0.39, 0.29) is 19.1 Å².